The maximum Gasteiger partial charge on any atom is 0.524 e. The first-order valence-corrected chi connectivity index (χ1v) is 35.1. The number of imidazole rings is 1. The zero-order valence-corrected chi connectivity index (χ0v) is 59.7. The van der Waals surface area contributed by atoms with E-state index in [9.17, 15) is 101 Å². The Balaban J connectivity index is 1.67. The summed E-state index contributed by atoms with van der Waals surface area (Å²) in [4.78, 5) is 257. The minimum Gasteiger partial charge on any atom is -0.480 e. The van der Waals surface area contributed by atoms with Gasteiger partial charge in [0, 0.05) is 50.7 Å². The number of H-pyrrole nitrogens is 1. The van der Waals surface area contributed by atoms with Crippen molar-refractivity contribution in [3.8, 4) is 5.75 Å². The van der Waals surface area contributed by atoms with Crippen molar-refractivity contribution in [3.63, 3.8) is 0 Å². The summed E-state index contributed by atoms with van der Waals surface area (Å²) in [5, 5.41) is 31.6. The molecule has 2 saturated heterocycles. The zero-order chi connectivity index (χ0) is 78.9. The van der Waals surface area contributed by atoms with Crippen molar-refractivity contribution < 1.29 is 105 Å². The van der Waals surface area contributed by atoms with Gasteiger partial charge in [0.2, 0.25) is 94.5 Å². The van der Waals surface area contributed by atoms with Gasteiger partial charge in [0.05, 0.1) is 31.6 Å². The number of aromatic amines is 1. The average Bonchev–Trinajstić information content (AvgIpc) is 1.52. The monoisotopic (exact) mass is 1500 g/mol. The van der Waals surface area contributed by atoms with Crippen LogP contribution in [0.15, 0.2) is 36.8 Å². The van der Waals surface area contributed by atoms with Crippen molar-refractivity contribution >= 4 is 108 Å². The molecule has 105 heavy (non-hydrogen) atoms. The van der Waals surface area contributed by atoms with Crippen LogP contribution in [0.1, 0.15) is 130 Å². The molecule has 16 amide bonds. The van der Waals surface area contributed by atoms with Gasteiger partial charge in [-0.05, 0) is 80.4 Å². The van der Waals surface area contributed by atoms with E-state index in [1.807, 2.05) is 0 Å². The third-order valence-corrected chi connectivity index (χ3v) is 17.3. The molecule has 0 bridgehead atoms. The molecule has 0 saturated carbocycles. The second-order valence-corrected chi connectivity index (χ2v) is 27.7. The first-order chi connectivity index (χ1) is 49.0. The van der Waals surface area contributed by atoms with E-state index in [-0.39, 0.29) is 74.5 Å². The quantitative estimate of drug-likeness (QED) is 0.0274. The van der Waals surface area contributed by atoms with Gasteiger partial charge in [0.1, 0.15) is 72.2 Å². The fourth-order valence-corrected chi connectivity index (χ4v) is 11.8. The third kappa shape index (κ3) is 28.5. The smallest absolute Gasteiger partial charge is 0.480 e. The van der Waals surface area contributed by atoms with Gasteiger partial charge in [-0.2, -0.15) is 0 Å². The Morgan fingerprint density at radius 3 is 1.44 bits per heavy atom. The molecule has 4 rings (SSSR count). The van der Waals surface area contributed by atoms with Crippen molar-refractivity contribution in [1.82, 2.24) is 67.6 Å². The van der Waals surface area contributed by atoms with Gasteiger partial charge in [-0.1, -0.05) is 53.7 Å². The Kier molecular flexibility index (Phi) is 33.4. The number of carbonyl (C=O) groups is 17. The molecule has 2 aliphatic heterocycles. The summed E-state index contributed by atoms with van der Waals surface area (Å²) in [6.07, 6.45) is -2.64. The van der Waals surface area contributed by atoms with Crippen LogP contribution in [-0.4, -0.2) is 221 Å². The van der Waals surface area contributed by atoms with Gasteiger partial charge < -0.3 is 107 Å². The Hall–Kier alpha value is -10.7. The van der Waals surface area contributed by atoms with E-state index in [1.165, 1.54) is 38.5 Å². The fourth-order valence-electron chi connectivity index (χ4n) is 11.4. The lowest BCUT2D eigenvalue weighted by atomic mass is 9.99. The number of carboxylic acid groups (broad SMARTS) is 1. The topological polar surface area (TPSA) is 677 Å². The second-order valence-electron chi connectivity index (χ2n) is 26.6. The Morgan fingerprint density at radius 2 is 0.952 bits per heavy atom. The van der Waals surface area contributed by atoms with Crippen molar-refractivity contribution in [2.45, 2.75) is 204 Å². The van der Waals surface area contributed by atoms with Crippen molar-refractivity contribution in [3.05, 3.63) is 48.0 Å². The molecule has 41 nitrogen and oxygen atoms in total. The first kappa shape index (κ1) is 86.7. The SMILES string of the molecule is CC(C)C[C@H](NC(=O)[C@@H]1CCCN1C(=O)[C@H](CCC(N)=O)NC(=O)[C@H](CC(N)=O)NC(=O)[C@H](Cc1cnc[nH]1)NC(=O)[C@H](Cc1ccc(OP(=O)(O)O)cc1)NC(=O)[C@@H](NC(=O)[C@@H]1CCCN1C(=O)[C@H](CC(N)=O)NC(=O)[C@H](CCC(N)=O)NC(=O)[C@@H](N)C(C)C)C(C)C)C(=O)N[C@@H](CC(N)=O)C(=O)O. The summed E-state index contributed by atoms with van der Waals surface area (Å²) >= 11 is 0. The number of phosphoric acid groups is 1. The number of carbonyl (C=O) groups excluding carboxylic acids is 16. The number of carboxylic acids is 1. The Morgan fingerprint density at radius 1 is 0.524 bits per heavy atom. The molecule has 2 aromatic rings. The maximum absolute atomic E-state index is 14.9. The predicted molar refractivity (Wildman–Crippen MR) is 365 cm³/mol. The number of likely N-dealkylation sites (tertiary alicyclic amines) is 2. The Labute approximate surface area is 602 Å². The minimum absolute atomic E-state index is 0.00484. The number of primary amides is 5. The molecule has 2 fully saturated rings. The lowest BCUT2D eigenvalue weighted by Gasteiger charge is -2.31. The molecule has 2 aliphatic rings. The fraction of sp³-hybridized carbons (Fsp3) is 0.587. The summed E-state index contributed by atoms with van der Waals surface area (Å²) in [6, 6.07) is -14.3. The van der Waals surface area contributed by atoms with Crippen LogP contribution >= 0.6 is 7.82 Å². The molecule has 0 radical (unpaired) electrons. The minimum atomic E-state index is -5.09. The van der Waals surface area contributed by atoms with E-state index >= 15 is 0 Å². The van der Waals surface area contributed by atoms with Crippen LogP contribution in [-0.2, 0) is 98.9 Å². The lowest BCUT2D eigenvalue weighted by molar-refractivity contribution is -0.144. The summed E-state index contributed by atoms with van der Waals surface area (Å²) < 4.78 is 16.3. The molecule has 580 valence electrons. The van der Waals surface area contributed by atoms with Gasteiger partial charge in [-0.15, -0.1) is 0 Å². The average molecular weight is 1500 g/mol. The maximum atomic E-state index is 14.9. The molecule has 42 heteroatoms. The number of nitrogens with one attached hydrogen (secondary N) is 10. The molecule has 0 spiro atoms. The predicted octanol–water partition coefficient (Wildman–Crippen LogP) is -7.06. The number of nitrogens with zero attached hydrogens (tertiary/aromatic N) is 3. The molecular formula is C63H96N19O22P. The number of amides is 16. The third-order valence-electron chi connectivity index (χ3n) is 16.8. The van der Waals surface area contributed by atoms with Crippen LogP contribution in [0, 0.1) is 17.8 Å². The summed E-state index contributed by atoms with van der Waals surface area (Å²) in [6.45, 7) is 9.42. The number of benzene rings is 1. The van der Waals surface area contributed by atoms with E-state index in [2.05, 4.69) is 62.3 Å². The highest BCUT2D eigenvalue weighted by atomic mass is 31.2. The molecular weight excluding hydrogens is 1410 g/mol. The van der Waals surface area contributed by atoms with Crippen LogP contribution in [0.25, 0.3) is 0 Å². The highest BCUT2D eigenvalue weighted by molar-refractivity contribution is 7.46. The van der Waals surface area contributed by atoms with Gasteiger partial charge in [-0.3, -0.25) is 86.5 Å². The number of hydrogen-bond acceptors (Lipinski definition) is 21. The molecule has 12 atom stereocenters. The standard InChI is InChI=1S/C63H96N19O22P/c1-29(2)21-37(53(89)79-42(63(99)100)26-49(68)87)76-57(93)43-9-7-19-81(43)61(97)36(16-18-46(65)84)73-56(92)40(24-47(66)85)75-55(91)39(23-33-27-70-28-71-33)74-54(90)38(22-32-11-13-34(14-12-32)104-105(101,102)103)77-60(96)51(31(5)6)80-58(94)44-10-8-20-82(44)62(98)41(25-48(67)86)78-52(88)35(15-17-45(64)83)72-59(95)50(69)30(3)4/h11-14,27-31,35-44,50-51H,7-10,15-26,69H2,1-6H3,(H2,64,83)(H2,65,84)(H2,66,85)(H2,67,86)(H2,68,87)(H,70,71)(H,72,95)(H,73,92)(H,74,90)(H,75,91)(H,76,93)(H,77,96)(H,78,88)(H,79,89)(H,80,94)(H,99,100)(H2,101,102,103)/t35-,36-,37-,38-,39-,40-,41-,42-,43-,44-,50-,51-/m0/s1. The second kappa shape index (κ2) is 40.4. The van der Waals surface area contributed by atoms with E-state index < -0.39 is 244 Å². The van der Waals surface area contributed by atoms with E-state index in [4.69, 9.17) is 34.4 Å². The normalized spacial score (nSPS) is 17.1. The van der Waals surface area contributed by atoms with Crippen LogP contribution in [0.4, 0.5) is 0 Å². The molecule has 1 aromatic carbocycles. The van der Waals surface area contributed by atoms with Crippen LogP contribution in [0.3, 0.4) is 0 Å². The zero-order valence-electron chi connectivity index (χ0n) is 58.8. The molecule has 3 heterocycles. The molecule has 1 aromatic heterocycles. The van der Waals surface area contributed by atoms with Crippen LogP contribution in [0.2, 0.25) is 0 Å². The van der Waals surface area contributed by atoms with Gasteiger partial charge >= 0.3 is 13.8 Å². The van der Waals surface area contributed by atoms with Gasteiger partial charge in [-0.25, -0.2) is 14.3 Å². The van der Waals surface area contributed by atoms with Crippen molar-refractivity contribution in [2.24, 2.45) is 52.2 Å². The number of rotatable bonds is 43. The number of phosphoric ester groups is 1. The largest absolute Gasteiger partial charge is 0.524 e. The summed E-state index contributed by atoms with van der Waals surface area (Å²) in [7, 11) is -5.09. The lowest BCUT2D eigenvalue weighted by Crippen LogP contribution is -2.62. The number of aliphatic carboxylic acids is 1. The van der Waals surface area contributed by atoms with E-state index in [0.717, 1.165) is 21.9 Å². The number of hydrogen-bond donors (Lipinski definition) is 19. The van der Waals surface area contributed by atoms with E-state index in [0.29, 0.717) is 0 Å². The van der Waals surface area contributed by atoms with Crippen molar-refractivity contribution in [2.75, 3.05) is 13.1 Å². The first-order valence-electron chi connectivity index (χ1n) is 33.6. The van der Waals surface area contributed by atoms with Crippen LogP contribution < -0.4 is 86.8 Å². The van der Waals surface area contributed by atoms with Gasteiger partial charge in [0.15, 0.2) is 0 Å². The highest BCUT2D eigenvalue weighted by Crippen LogP contribution is 2.37. The number of aromatic nitrogens is 2. The highest BCUT2D eigenvalue weighted by Gasteiger charge is 2.44. The molecule has 0 aliphatic carbocycles. The van der Waals surface area contributed by atoms with Crippen LogP contribution in [0.5, 0.6) is 5.75 Å². The molecule has 25 N–H and O–H groups in total. The molecule has 0 unspecified atom stereocenters. The van der Waals surface area contributed by atoms with Crippen molar-refractivity contribution in [1.29, 1.82) is 0 Å². The Bertz CT molecular complexity index is 3560. The van der Waals surface area contributed by atoms with Gasteiger partial charge in [0.25, 0.3) is 0 Å². The summed E-state index contributed by atoms with van der Waals surface area (Å²) in [5.41, 5.74) is 33.4. The summed E-state index contributed by atoms with van der Waals surface area (Å²) in [5.74, 6) is -19.8. The van der Waals surface area contributed by atoms with E-state index in [1.54, 1.807) is 27.7 Å². The number of nitrogens with two attached hydrogens (primary N) is 6.